The molecule has 3 amide bonds. The molecule has 3 aliphatic heterocycles. The highest BCUT2D eigenvalue weighted by atomic mass is 16.6. The maximum absolute atomic E-state index is 13.3. The molecule has 4 rings (SSSR count). The van der Waals surface area contributed by atoms with E-state index in [1.807, 2.05) is 13.8 Å². The van der Waals surface area contributed by atoms with Gasteiger partial charge >= 0.3 is 12.1 Å². The molecule has 37 heavy (non-hydrogen) atoms. The number of benzene rings is 1. The van der Waals surface area contributed by atoms with E-state index in [-0.39, 0.29) is 24.3 Å². The quantitative estimate of drug-likeness (QED) is 0.296. The standard InChI is InChI=1S/C28H39N3O6/c1-3-5-18-37-27(34)22-6-8-23(9-7-22)31-25(32)19-24(26(31)33)29-14-10-20(11-15-29)21-12-16-30(17-13-21)28(35)36-4-2/h6-9,20-21,24H,3-5,10-19H2,1-2H3. The number of esters is 1. The molecule has 0 saturated carbocycles. The molecular weight excluding hydrogens is 474 g/mol. The number of anilines is 1. The average molecular weight is 514 g/mol. The fraction of sp³-hybridized carbons (Fsp3) is 0.643. The van der Waals surface area contributed by atoms with Crippen molar-refractivity contribution in [1.82, 2.24) is 9.80 Å². The predicted molar refractivity (Wildman–Crippen MR) is 138 cm³/mol. The van der Waals surface area contributed by atoms with Crippen LogP contribution in [-0.2, 0) is 19.1 Å². The number of carbonyl (C=O) groups is 4. The summed E-state index contributed by atoms with van der Waals surface area (Å²) in [7, 11) is 0. The largest absolute Gasteiger partial charge is 0.462 e. The first kappa shape index (κ1) is 27.1. The summed E-state index contributed by atoms with van der Waals surface area (Å²) in [6.45, 7) is 7.70. The van der Waals surface area contributed by atoms with Crippen molar-refractivity contribution in [2.24, 2.45) is 11.8 Å². The van der Waals surface area contributed by atoms with E-state index in [4.69, 9.17) is 9.47 Å². The Morgan fingerprint density at radius 2 is 1.51 bits per heavy atom. The van der Waals surface area contributed by atoms with Crippen LogP contribution in [0.2, 0.25) is 0 Å². The highest BCUT2D eigenvalue weighted by Gasteiger charge is 2.44. The normalized spacial score (nSPS) is 21.9. The predicted octanol–water partition coefficient (Wildman–Crippen LogP) is 3.86. The summed E-state index contributed by atoms with van der Waals surface area (Å²) < 4.78 is 10.4. The summed E-state index contributed by atoms with van der Waals surface area (Å²) >= 11 is 0. The fourth-order valence-electron chi connectivity index (χ4n) is 5.78. The van der Waals surface area contributed by atoms with Gasteiger partial charge in [0.2, 0.25) is 5.91 Å². The molecule has 9 nitrogen and oxygen atoms in total. The molecule has 0 aromatic heterocycles. The second-order valence-electron chi connectivity index (χ2n) is 10.2. The van der Waals surface area contributed by atoms with Crippen LogP contribution in [0.25, 0.3) is 0 Å². The van der Waals surface area contributed by atoms with Crippen molar-refractivity contribution in [2.75, 3.05) is 44.3 Å². The Labute approximate surface area is 219 Å². The van der Waals surface area contributed by atoms with Gasteiger partial charge in [-0.2, -0.15) is 0 Å². The lowest BCUT2D eigenvalue weighted by atomic mass is 9.78. The summed E-state index contributed by atoms with van der Waals surface area (Å²) in [4.78, 5) is 55.4. The fourth-order valence-corrected chi connectivity index (χ4v) is 5.78. The third kappa shape index (κ3) is 6.32. The molecule has 1 atom stereocenters. The lowest BCUT2D eigenvalue weighted by molar-refractivity contribution is -0.123. The Balaban J connectivity index is 1.28. The third-order valence-corrected chi connectivity index (χ3v) is 7.96. The van der Waals surface area contributed by atoms with Gasteiger partial charge in [0.05, 0.1) is 36.9 Å². The Morgan fingerprint density at radius 1 is 0.892 bits per heavy atom. The molecule has 0 radical (unpaired) electrons. The average Bonchev–Trinajstić information content (AvgIpc) is 3.22. The number of carbonyl (C=O) groups excluding carboxylic acids is 4. The SMILES string of the molecule is CCCCOC(=O)c1ccc(N2C(=O)CC(N3CCC(C4CCN(C(=O)OCC)CC4)CC3)C2=O)cc1. The van der Waals surface area contributed by atoms with Crippen molar-refractivity contribution in [2.45, 2.75) is 64.8 Å². The number of hydrogen-bond donors (Lipinski definition) is 0. The maximum atomic E-state index is 13.3. The monoisotopic (exact) mass is 513 g/mol. The second-order valence-corrected chi connectivity index (χ2v) is 10.2. The number of hydrogen-bond acceptors (Lipinski definition) is 7. The first-order chi connectivity index (χ1) is 17.9. The zero-order chi connectivity index (χ0) is 26.4. The Bertz CT molecular complexity index is 965. The van der Waals surface area contributed by atoms with Gasteiger partial charge in [0.15, 0.2) is 0 Å². The lowest BCUT2D eigenvalue weighted by Crippen LogP contribution is -2.48. The molecule has 0 N–H and O–H groups in total. The van der Waals surface area contributed by atoms with Crippen molar-refractivity contribution in [1.29, 1.82) is 0 Å². The van der Waals surface area contributed by atoms with Crippen molar-refractivity contribution in [3.05, 3.63) is 29.8 Å². The van der Waals surface area contributed by atoms with Crippen LogP contribution >= 0.6 is 0 Å². The lowest BCUT2D eigenvalue weighted by Gasteiger charge is -2.41. The van der Waals surface area contributed by atoms with Gasteiger partial charge in [-0.15, -0.1) is 0 Å². The van der Waals surface area contributed by atoms with E-state index in [2.05, 4.69) is 4.90 Å². The number of amides is 3. The molecule has 1 aromatic carbocycles. The molecule has 3 heterocycles. The van der Waals surface area contributed by atoms with E-state index in [1.54, 1.807) is 29.2 Å². The zero-order valence-corrected chi connectivity index (χ0v) is 22.0. The van der Waals surface area contributed by atoms with Crippen LogP contribution in [0.5, 0.6) is 0 Å². The smallest absolute Gasteiger partial charge is 0.409 e. The molecule has 3 saturated heterocycles. The molecule has 0 spiro atoms. The van der Waals surface area contributed by atoms with Crippen molar-refractivity contribution in [3.8, 4) is 0 Å². The maximum Gasteiger partial charge on any atom is 0.409 e. The van der Waals surface area contributed by atoms with Gasteiger partial charge in [0.1, 0.15) is 0 Å². The van der Waals surface area contributed by atoms with Crippen LogP contribution in [0.3, 0.4) is 0 Å². The van der Waals surface area contributed by atoms with Gasteiger partial charge in [-0.25, -0.2) is 14.5 Å². The zero-order valence-electron chi connectivity index (χ0n) is 22.0. The highest BCUT2D eigenvalue weighted by molar-refractivity contribution is 6.22. The van der Waals surface area contributed by atoms with E-state index in [9.17, 15) is 19.2 Å². The summed E-state index contributed by atoms with van der Waals surface area (Å²) in [6.07, 6.45) is 5.69. The molecular formula is C28H39N3O6. The van der Waals surface area contributed by atoms with Gasteiger partial charge in [-0.3, -0.25) is 14.5 Å². The minimum absolute atomic E-state index is 0.183. The van der Waals surface area contributed by atoms with Crippen molar-refractivity contribution in [3.63, 3.8) is 0 Å². The van der Waals surface area contributed by atoms with Gasteiger partial charge in [0.25, 0.3) is 5.91 Å². The minimum Gasteiger partial charge on any atom is -0.462 e. The number of likely N-dealkylation sites (tertiary alicyclic amines) is 2. The summed E-state index contributed by atoms with van der Waals surface area (Å²) in [5.74, 6) is 0.364. The van der Waals surface area contributed by atoms with Gasteiger partial charge < -0.3 is 14.4 Å². The molecule has 3 fully saturated rings. The number of ether oxygens (including phenoxy) is 2. The number of unbranched alkanes of at least 4 members (excludes halogenated alkanes) is 1. The number of nitrogens with zero attached hydrogens (tertiary/aromatic N) is 3. The van der Waals surface area contributed by atoms with Gasteiger partial charge in [-0.05, 0) is 88.2 Å². The second kappa shape index (κ2) is 12.5. The van der Waals surface area contributed by atoms with Crippen molar-refractivity contribution < 1.29 is 28.7 Å². The van der Waals surface area contributed by atoms with Gasteiger partial charge in [0, 0.05) is 13.1 Å². The van der Waals surface area contributed by atoms with Crippen LogP contribution in [-0.4, -0.2) is 79.1 Å². The number of imide groups is 1. The summed E-state index contributed by atoms with van der Waals surface area (Å²) in [5.41, 5.74) is 0.900. The highest BCUT2D eigenvalue weighted by Crippen LogP contribution is 2.35. The Morgan fingerprint density at radius 3 is 2.11 bits per heavy atom. The minimum atomic E-state index is -0.433. The molecule has 3 aliphatic rings. The van der Waals surface area contributed by atoms with Crippen LogP contribution in [0, 0.1) is 11.8 Å². The van der Waals surface area contributed by atoms with E-state index in [1.165, 1.54) is 4.90 Å². The van der Waals surface area contributed by atoms with E-state index >= 15 is 0 Å². The van der Waals surface area contributed by atoms with Crippen LogP contribution in [0.15, 0.2) is 24.3 Å². The molecule has 1 aromatic rings. The molecule has 9 heteroatoms. The first-order valence-electron chi connectivity index (χ1n) is 13.7. The van der Waals surface area contributed by atoms with Crippen LogP contribution in [0.4, 0.5) is 10.5 Å². The topological polar surface area (TPSA) is 96.5 Å². The molecule has 0 aliphatic carbocycles. The summed E-state index contributed by atoms with van der Waals surface area (Å²) in [6, 6.07) is 6.07. The number of piperidine rings is 2. The van der Waals surface area contributed by atoms with E-state index in [0.29, 0.717) is 36.3 Å². The Hall–Kier alpha value is -2.94. The molecule has 202 valence electrons. The van der Waals surface area contributed by atoms with Crippen molar-refractivity contribution >= 4 is 29.6 Å². The summed E-state index contributed by atoms with van der Waals surface area (Å²) in [5, 5.41) is 0. The Kier molecular flexibility index (Phi) is 9.18. The third-order valence-electron chi connectivity index (χ3n) is 7.96. The molecule has 0 bridgehead atoms. The van der Waals surface area contributed by atoms with Gasteiger partial charge in [-0.1, -0.05) is 13.3 Å². The number of rotatable bonds is 8. The molecule has 1 unspecified atom stereocenters. The van der Waals surface area contributed by atoms with Crippen LogP contribution < -0.4 is 4.90 Å². The van der Waals surface area contributed by atoms with E-state index in [0.717, 1.165) is 64.7 Å². The van der Waals surface area contributed by atoms with E-state index < -0.39 is 12.0 Å². The van der Waals surface area contributed by atoms with Crippen LogP contribution in [0.1, 0.15) is 69.2 Å². The first-order valence-corrected chi connectivity index (χ1v) is 13.7.